The molecule has 0 atom stereocenters. The summed E-state index contributed by atoms with van der Waals surface area (Å²) in [5.74, 6) is 0.629. The number of carbonyl (C=O) groups excluding carboxylic acids is 1. The SMILES string of the molecule is N#Cc1ccc(CN2C=CSCC2=O)cc1. The van der Waals surface area contributed by atoms with Gasteiger partial charge in [0.05, 0.1) is 23.9 Å². The van der Waals surface area contributed by atoms with Gasteiger partial charge in [0.1, 0.15) is 0 Å². The third kappa shape index (κ3) is 2.44. The second kappa shape index (κ2) is 4.86. The molecule has 1 heterocycles. The van der Waals surface area contributed by atoms with E-state index < -0.39 is 0 Å². The number of amides is 1. The molecule has 0 aromatic heterocycles. The lowest BCUT2D eigenvalue weighted by molar-refractivity contribution is -0.126. The zero-order valence-electron chi connectivity index (χ0n) is 8.59. The van der Waals surface area contributed by atoms with Crippen LogP contribution < -0.4 is 0 Å². The van der Waals surface area contributed by atoms with E-state index in [2.05, 4.69) is 6.07 Å². The zero-order chi connectivity index (χ0) is 11.4. The van der Waals surface area contributed by atoms with Gasteiger partial charge in [-0.05, 0) is 23.1 Å². The van der Waals surface area contributed by atoms with E-state index in [9.17, 15) is 4.79 Å². The van der Waals surface area contributed by atoms with Crippen molar-refractivity contribution in [1.82, 2.24) is 4.90 Å². The molecule has 1 aliphatic rings. The Hall–Kier alpha value is -1.73. The maximum Gasteiger partial charge on any atom is 0.237 e. The van der Waals surface area contributed by atoms with Crippen molar-refractivity contribution in [3.05, 3.63) is 47.0 Å². The number of benzene rings is 1. The Kier molecular flexibility index (Phi) is 3.28. The summed E-state index contributed by atoms with van der Waals surface area (Å²) >= 11 is 1.51. The molecule has 80 valence electrons. The molecule has 0 saturated heterocycles. The van der Waals surface area contributed by atoms with Crippen LogP contribution in [0.2, 0.25) is 0 Å². The van der Waals surface area contributed by atoms with Crippen molar-refractivity contribution < 1.29 is 4.79 Å². The van der Waals surface area contributed by atoms with Crippen LogP contribution in [0.1, 0.15) is 11.1 Å². The summed E-state index contributed by atoms with van der Waals surface area (Å²) in [6.07, 6.45) is 1.80. The molecule has 3 nitrogen and oxygen atoms in total. The van der Waals surface area contributed by atoms with Crippen molar-refractivity contribution in [3.63, 3.8) is 0 Å². The van der Waals surface area contributed by atoms with E-state index in [1.807, 2.05) is 17.5 Å². The fourth-order valence-corrected chi connectivity index (χ4v) is 2.06. The van der Waals surface area contributed by atoms with E-state index in [0.717, 1.165) is 5.56 Å². The summed E-state index contributed by atoms with van der Waals surface area (Å²) in [6.45, 7) is 0.571. The van der Waals surface area contributed by atoms with E-state index in [4.69, 9.17) is 5.26 Å². The minimum absolute atomic E-state index is 0.122. The van der Waals surface area contributed by atoms with Crippen molar-refractivity contribution >= 4 is 17.7 Å². The molecule has 1 amide bonds. The van der Waals surface area contributed by atoms with E-state index in [1.54, 1.807) is 23.2 Å². The summed E-state index contributed by atoms with van der Waals surface area (Å²) in [7, 11) is 0. The van der Waals surface area contributed by atoms with Gasteiger partial charge in [-0.2, -0.15) is 5.26 Å². The molecule has 1 aromatic rings. The minimum atomic E-state index is 0.122. The Labute approximate surface area is 98.4 Å². The predicted octanol–water partition coefficient (Wildman–Crippen LogP) is 2.10. The van der Waals surface area contributed by atoms with Crippen LogP contribution in [0, 0.1) is 11.3 Å². The van der Waals surface area contributed by atoms with Gasteiger partial charge in [0, 0.05) is 6.20 Å². The number of nitriles is 1. The first-order valence-electron chi connectivity index (χ1n) is 4.86. The lowest BCUT2D eigenvalue weighted by Crippen LogP contribution is -2.28. The van der Waals surface area contributed by atoms with Crippen LogP contribution in [-0.4, -0.2) is 16.6 Å². The largest absolute Gasteiger partial charge is 0.313 e. The van der Waals surface area contributed by atoms with Crippen LogP contribution in [0.3, 0.4) is 0 Å². The summed E-state index contributed by atoms with van der Waals surface area (Å²) < 4.78 is 0. The van der Waals surface area contributed by atoms with Crippen molar-refractivity contribution in [3.8, 4) is 6.07 Å². The van der Waals surface area contributed by atoms with Gasteiger partial charge in [0.25, 0.3) is 0 Å². The monoisotopic (exact) mass is 230 g/mol. The highest BCUT2D eigenvalue weighted by atomic mass is 32.2. The van der Waals surface area contributed by atoms with Gasteiger partial charge >= 0.3 is 0 Å². The highest BCUT2D eigenvalue weighted by Gasteiger charge is 2.14. The molecule has 4 heteroatoms. The van der Waals surface area contributed by atoms with Crippen LogP contribution in [-0.2, 0) is 11.3 Å². The fourth-order valence-electron chi connectivity index (χ4n) is 1.42. The smallest absolute Gasteiger partial charge is 0.237 e. The average Bonchev–Trinajstić information content (AvgIpc) is 2.33. The first kappa shape index (κ1) is 10.8. The number of carbonyl (C=O) groups is 1. The van der Waals surface area contributed by atoms with Crippen molar-refractivity contribution in [2.45, 2.75) is 6.54 Å². The Bertz CT molecular complexity index is 459. The number of hydrogen-bond acceptors (Lipinski definition) is 3. The summed E-state index contributed by atoms with van der Waals surface area (Å²) in [4.78, 5) is 13.2. The highest BCUT2D eigenvalue weighted by Crippen LogP contribution is 2.15. The molecule has 0 spiro atoms. The summed E-state index contributed by atoms with van der Waals surface area (Å²) in [6, 6.07) is 9.35. The lowest BCUT2D eigenvalue weighted by atomic mass is 10.1. The molecule has 0 radical (unpaired) electrons. The van der Waals surface area contributed by atoms with Crippen LogP contribution >= 0.6 is 11.8 Å². The third-order valence-electron chi connectivity index (χ3n) is 2.30. The zero-order valence-corrected chi connectivity index (χ0v) is 9.41. The number of rotatable bonds is 2. The maximum atomic E-state index is 11.5. The average molecular weight is 230 g/mol. The Morgan fingerprint density at radius 2 is 2.12 bits per heavy atom. The van der Waals surface area contributed by atoms with Crippen LogP contribution in [0.4, 0.5) is 0 Å². The van der Waals surface area contributed by atoms with Crippen molar-refractivity contribution in [2.75, 3.05) is 5.75 Å². The van der Waals surface area contributed by atoms with Crippen LogP contribution in [0.25, 0.3) is 0 Å². The van der Waals surface area contributed by atoms with Gasteiger partial charge in [-0.25, -0.2) is 0 Å². The van der Waals surface area contributed by atoms with Gasteiger partial charge in [-0.3, -0.25) is 4.79 Å². The molecular formula is C12H10N2OS. The van der Waals surface area contributed by atoms with Crippen molar-refractivity contribution in [2.24, 2.45) is 0 Å². The van der Waals surface area contributed by atoms with Crippen molar-refractivity contribution in [1.29, 1.82) is 5.26 Å². The molecule has 0 bridgehead atoms. The van der Waals surface area contributed by atoms with Gasteiger partial charge in [-0.1, -0.05) is 12.1 Å². The van der Waals surface area contributed by atoms with Crippen LogP contribution in [0.5, 0.6) is 0 Å². The molecule has 16 heavy (non-hydrogen) atoms. The molecule has 0 saturated carbocycles. The predicted molar refractivity (Wildman–Crippen MR) is 63.3 cm³/mol. The van der Waals surface area contributed by atoms with E-state index in [-0.39, 0.29) is 5.91 Å². The van der Waals surface area contributed by atoms with E-state index >= 15 is 0 Å². The molecule has 0 unspecified atom stereocenters. The van der Waals surface area contributed by atoms with E-state index in [1.165, 1.54) is 11.8 Å². The first-order chi connectivity index (χ1) is 7.79. The third-order valence-corrected chi connectivity index (χ3v) is 3.03. The maximum absolute atomic E-state index is 11.5. The number of nitrogens with zero attached hydrogens (tertiary/aromatic N) is 2. The molecule has 0 fully saturated rings. The number of thioether (sulfide) groups is 1. The minimum Gasteiger partial charge on any atom is -0.313 e. The van der Waals surface area contributed by atoms with Crippen LogP contribution in [0.15, 0.2) is 35.9 Å². The molecule has 0 N–H and O–H groups in total. The quantitative estimate of drug-likeness (QED) is 0.781. The van der Waals surface area contributed by atoms with Gasteiger partial charge in [-0.15, -0.1) is 11.8 Å². The van der Waals surface area contributed by atoms with Gasteiger partial charge in [0.2, 0.25) is 5.91 Å². The molecule has 2 rings (SSSR count). The second-order valence-corrected chi connectivity index (χ2v) is 4.32. The lowest BCUT2D eigenvalue weighted by Gasteiger charge is -2.20. The number of hydrogen-bond donors (Lipinski definition) is 0. The summed E-state index contributed by atoms with van der Waals surface area (Å²) in [5, 5.41) is 10.6. The normalized spacial score (nSPS) is 14.9. The Morgan fingerprint density at radius 1 is 1.38 bits per heavy atom. The highest BCUT2D eigenvalue weighted by molar-refractivity contribution is 8.02. The molecule has 1 aromatic carbocycles. The molecule has 1 aliphatic heterocycles. The Morgan fingerprint density at radius 3 is 2.75 bits per heavy atom. The summed E-state index contributed by atoms with van der Waals surface area (Å²) in [5.41, 5.74) is 1.67. The molecule has 0 aliphatic carbocycles. The van der Waals surface area contributed by atoms with Gasteiger partial charge < -0.3 is 4.90 Å². The fraction of sp³-hybridized carbons (Fsp3) is 0.167. The van der Waals surface area contributed by atoms with E-state index in [0.29, 0.717) is 17.9 Å². The first-order valence-corrected chi connectivity index (χ1v) is 5.91. The standard InChI is InChI=1S/C12H10N2OS/c13-7-10-1-3-11(4-2-10)8-14-5-6-16-9-12(14)15/h1-6H,8-9H2. The Balaban J connectivity index is 2.08. The van der Waals surface area contributed by atoms with Gasteiger partial charge in [0.15, 0.2) is 0 Å². The molecular weight excluding hydrogens is 220 g/mol. The second-order valence-electron chi connectivity index (χ2n) is 3.43. The topological polar surface area (TPSA) is 44.1 Å².